The maximum absolute atomic E-state index is 4.67. The molecule has 3 rings (SSSR count). The second-order valence-electron chi connectivity index (χ2n) is 4.84. The van der Waals surface area contributed by atoms with E-state index in [1.54, 1.807) is 0 Å². The monoisotopic (exact) mass is 188 g/mol. The lowest BCUT2D eigenvalue weighted by molar-refractivity contribution is 0.817. The zero-order valence-electron chi connectivity index (χ0n) is 8.64. The minimum Gasteiger partial charge on any atom is -0.365 e. The molecule has 0 aliphatic heterocycles. The Kier molecular flexibility index (Phi) is 1.61. The van der Waals surface area contributed by atoms with E-state index in [1.807, 2.05) is 0 Å². The molecule has 0 unspecified atom stereocenters. The fourth-order valence-corrected chi connectivity index (χ4v) is 2.11. The summed E-state index contributed by atoms with van der Waals surface area (Å²) in [6.45, 7) is 2.27. The number of rotatable bonds is 2. The van der Waals surface area contributed by atoms with Crippen molar-refractivity contribution in [3.05, 3.63) is 23.4 Å². The van der Waals surface area contributed by atoms with Gasteiger partial charge >= 0.3 is 0 Å². The number of hydrogen-bond donors (Lipinski definition) is 1. The molecule has 1 fully saturated rings. The number of anilines is 1. The number of hydrogen-bond acceptors (Lipinski definition) is 2. The molecule has 2 nitrogen and oxygen atoms in total. The van der Waals surface area contributed by atoms with Crippen molar-refractivity contribution in [1.82, 2.24) is 4.98 Å². The van der Waals surface area contributed by atoms with Crippen LogP contribution in [0.1, 0.15) is 37.4 Å². The van der Waals surface area contributed by atoms with Crippen LogP contribution in [0, 0.1) is 0 Å². The molecule has 2 heteroatoms. The van der Waals surface area contributed by atoms with Gasteiger partial charge in [-0.2, -0.15) is 0 Å². The second-order valence-corrected chi connectivity index (χ2v) is 4.84. The first kappa shape index (κ1) is 8.27. The summed E-state index contributed by atoms with van der Waals surface area (Å²) in [5, 5.41) is 3.51. The summed E-state index contributed by atoms with van der Waals surface area (Å²) < 4.78 is 0. The minimum absolute atomic E-state index is 0.347. The summed E-state index contributed by atoms with van der Waals surface area (Å²) >= 11 is 0. The molecule has 0 aromatic carbocycles. The van der Waals surface area contributed by atoms with E-state index in [0.29, 0.717) is 5.54 Å². The molecule has 2 aliphatic carbocycles. The molecule has 1 aromatic rings. The van der Waals surface area contributed by atoms with Gasteiger partial charge in [0.05, 0.1) is 0 Å². The average molecular weight is 188 g/mol. The molecule has 0 saturated heterocycles. The van der Waals surface area contributed by atoms with E-state index >= 15 is 0 Å². The fraction of sp³-hybridized carbons (Fsp3) is 0.583. The highest BCUT2D eigenvalue weighted by atomic mass is 15.1. The van der Waals surface area contributed by atoms with E-state index in [0.717, 1.165) is 5.82 Å². The smallest absolute Gasteiger partial charge is 0.126 e. The van der Waals surface area contributed by atoms with Gasteiger partial charge in [-0.15, -0.1) is 0 Å². The van der Waals surface area contributed by atoms with Crippen LogP contribution in [-0.4, -0.2) is 10.5 Å². The molecule has 0 spiro atoms. The van der Waals surface area contributed by atoms with Gasteiger partial charge in [-0.3, -0.25) is 0 Å². The molecule has 1 heterocycles. The SMILES string of the molecule is CC1(Nc2ccc3c(n2)CCC3)CC1. The van der Waals surface area contributed by atoms with Crippen molar-refractivity contribution in [2.24, 2.45) is 0 Å². The zero-order chi connectivity index (χ0) is 9.60. The maximum Gasteiger partial charge on any atom is 0.126 e. The highest BCUT2D eigenvalue weighted by molar-refractivity contribution is 5.43. The van der Waals surface area contributed by atoms with Crippen LogP contribution in [0.2, 0.25) is 0 Å². The Bertz CT molecular complexity index is 367. The molecular formula is C12H16N2. The van der Waals surface area contributed by atoms with E-state index in [2.05, 4.69) is 29.4 Å². The molecule has 14 heavy (non-hydrogen) atoms. The normalized spacial score (nSPS) is 21.8. The van der Waals surface area contributed by atoms with Crippen LogP contribution >= 0.6 is 0 Å². The number of aromatic nitrogens is 1. The Morgan fingerprint density at radius 1 is 1.29 bits per heavy atom. The molecule has 2 aliphatic rings. The molecule has 0 radical (unpaired) electrons. The van der Waals surface area contributed by atoms with Gasteiger partial charge in [0.15, 0.2) is 0 Å². The Labute approximate surface area is 84.7 Å². The van der Waals surface area contributed by atoms with Crippen LogP contribution in [0.25, 0.3) is 0 Å². The van der Waals surface area contributed by atoms with Gasteiger partial charge in [-0.05, 0) is 50.7 Å². The van der Waals surface area contributed by atoms with E-state index in [-0.39, 0.29) is 0 Å². The zero-order valence-corrected chi connectivity index (χ0v) is 8.64. The lowest BCUT2D eigenvalue weighted by Crippen LogP contribution is -2.17. The number of nitrogens with one attached hydrogen (secondary N) is 1. The minimum atomic E-state index is 0.347. The molecule has 0 amide bonds. The van der Waals surface area contributed by atoms with E-state index in [9.17, 15) is 0 Å². The van der Waals surface area contributed by atoms with Gasteiger partial charge < -0.3 is 5.32 Å². The van der Waals surface area contributed by atoms with Crippen molar-refractivity contribution in [2.45, 2.75) is 44.6 Å². The standard InChI is InChI=1S/C12H16N2/c1-12(7-8-12)14-11-6-5-9-3-2-4-10(9)13-11/h5-6H,2-4,7-8H2,1H3,(H,13,14). The van der Waals surface area contributed by atoms with E-state index < -0.39 is 0 Å². The molecule has 1 N–H and O–H groups in total. The molecular weight excluding hydrogens is 172 g/mol. The Morgan fingerprint density at radius 2 is 2.14 bits per heavy atom. The lowest BCUT2D eigenvalue weighted by atomic mass is 10.2. The third kappa shape index (κ3) is 1.39. The summed E-state index contributed by atoms with van der Waals surface area (Å²) in [6, 6.07) is 4.37. The van der Waals surface area contributed by atoms with Gasteiger partial charge in [-0.25, -0.2) is 4.98 Å². The predicted octanol–water partition coefficient (Wildman–Crippen LogP) is 2.53. The maximum atomic E-state index is 4.67. The first-order valence-electron chi connectivity index (χ1n) is 5.52. The van der Waals surface area contributed by atoms with E-state index in [1.165, 1.54) is 43.4 Å². The van der Waals surface area contributed by atoms with Crippen LogP contribution in [0.5, 0.6) is 0 Å². The number of fused-ring (bicyclic) bond motifs is 1. The van der Waals surface area contributed by atoms with Crippen molar-refractivity contribution in [1.29, 1.82) is 0 Å². The van der Waals surface area contributed by atoms with Gasteiger partial charge in [0.2, 0.25) is 0 Å². The van der Waals surface area contributed by atoms with Crippen molar-refractivity contribution in [3.63, 3.8) is 0 Å². The van der Waals surface area contributed by atoms with Gasteiger partial charge in [-0.1, -0.05) is 6.07 Å². The lowest BCUT2D eigenvalue weighted by Gasteiger charge is -2.12. The summed E-state index contributed by atoms with van der Waals surface area (Å²) in [5.74, 6) is 1.07. The van der Waals surface area contributed by atoms with Crippen LogP contribution in [-0.2, 0) is 12.8 Å². The topological polar surface area (TPSA) is 24.9 Å². The Morgan fingerprint density at radius 3 is 2.93 bits per heavy atom. The third-order valence-electron chi connectivity index (χ3n) is 3.36. The molecule has 1 aromatic heterocycles. The highest BCUT2D eigenvalue weighted by Crippen LogP contribution is 2.38. The van der Waals surface area contributed by atoms with Crippen LogP contribution in [0.15, 0.2) is 12.1 Å². The number of aryl methyl sites for hydroxylation is 2. The van der Waals surface area contributed by atoms with Gasteiger partial charge in [0.1, 0.15) is 5.82 Å². The third-order valence-corrected chi connectivity index (χ3v) is 3.36. The second kappa shape index (κ2) is 2.72. The number of pyridine rings is 1. The quantitative estimate of drug-likeness (QED) is 0.771. The first-order valence-corrected chi connectivity index (χ1v) is 5.52. The molecule has 1 saturated carbocycles. The summed E-state index contributed by atoms with van der Waals surface area (Å²) in [6.07, 6.45) is 6.24. The van der Waals surface area contributed by atoms with Crippen LogP contribution < -0.4 is 5.32 Å². The van der Waals surface area contributed by atoms with Crippen molar-refractivity contribution >= 4 is 5.82 Å². The molecule has 74 valence electrons. The largest absolute Gasteiger partial charge is 0.365 e. The molecule has 0 bridgehead atoms. The molecule has 0 atom stereocenters. The van der Waals surface area contributed by atoms with Gasteiger partial charge in [0.25, 0.3) is 0 Å². The summed E-state index contributed by atoms with van der Waals surface area (Å²) in [7, 11) is 0. The van der Waals surface area contributed by atoms with Crippen LogP contribution in [0.4, 0.5) is 5.82 Å². The Hall–Kier alpha value is -1.05. The van der Waals surface area contributed by atoms with Crippen molar-refractivity contribution < 1.29 is 0 Å². The first-order chi connectivity index (χ1) is 6.75. The van der Waals surface area contributed by atoms with Crippen molar-refractivity contribution in [3.8, 4) is 0 Å². The predicted molar refractivity (Wildman–Crippen MR) is 57.5 cm³/mol. The summed E-state index contributed by atoms with van der Waals surface area (Å²) in [4.78, 5) is 4.67. The highest BCUT2D eigenvalue weighted by Gasteiger charge is 2.37. The number of nitrogens with zero attached hydrogens (tertiary/aromatic N) is 1. The summed E-state index contributed by atoms with van der Waals surface area (Å²) in [5.41, 5.74) is 3.12. The average Bonchev–Trinajstić information content (AvgIpc) is 2.73. The van der Waals surface area contributed by atoms with Gasteiger partial charge in [0, 0.05) is 11.2 Å². The van der Waals surface area contributed by atoms with Crippen molar-refractivity contribution in [2.75, 3.05) is 5.32 Å². The van der Waals surface area contributed by atoms with Crippen LogP contribution in [0.3, 0.4) is 0 Å². The Balaban J connectivity index is 1.85. The van der Waals surface area contributed by atoms with E-state index in [4.69, 9.17) is 0 Å². The fourth-order valence-electron chi connectivity index (χ4n) is 2.11.